The van der Waals surface area contributed by atoms with Crippen LogP contribution in [0.2, 0.25) is 0 Å². The Balaban J connectivity index is 2.32. The maximum absolute atomic E-state index is 12.2. The quantitative estimate of drug-likeness (QED) is 0.232. The molecule has 1 fully saturated rings. The fourth-order valence-electron chi connectivity index (χ4n) is 4.76. The van der Waals surface area contributed by atoms with E-state index in [1.54, 1.807) is 0 Å². The number of allylic oxidation sites excluding steroid dienone is 2. The highest BCUT2D eigenvalue weighted by molar-refractivity contribution is 5.78. The van der Waals surface area contributed by atoms with Gasteiger partial charge in [0.15, 0.2) is 0 Å². The van der Waals surface area contributed by atoms with Crippen LogP contribution in [0.5, 0.6) is 0 Å². The van der Waals surface area contributed by atoms with Crippen LogP contribution in [0.4, 0.5) is 0 Å². The lowest BCUT2D eigenvalue weighted by Gasteiger charge is -2.23. The molecule has 1 rings (SSSR count). The normalized spacial score (nSPS) is 26.6. The third-order valence-corrected chi connectivity index (χ3v) is 6.37. The number of carbonyl (C=O) groups is 1. The molecule has 1 heteroatoms. The average Bonchev–Trinajstić information content (AvgIpc) is 2.85. The Kier molecular flexibility index (Phi) is 12.2. The second-order valence-electron chi connectivity index (χ2n) is 8.61. The molecule has 0 radical (unpaired) electrons. The molecule has 0 unspecified atom stereocenters. The number of ketones is 1. The largest absolute Gasteiger partial charge is 0.300 e. The summed E-state index contributed by atoms with van der Waals surface area (Å²) in [7, 11) is 0. The van der Waals surface area contributed by atoms with Gasteiger partial charge in [-0.3, -0.25) is 4.79 Å². The van der Waals surface area contributed by atoms with Crippen LogP contribution in [0.1, 0.15) is 111 Å². The minimum Gasteiger partial charge on any atom is -0.300 e. The average molecular weight is 349 g/mol. The Bertz CT molecular complexity index is 370. The highest BCUT2D eigenvalue weighted by Crippen LogP contribution is 2.45. The van der Waals surface area contributed by atoms with Gasteiger partial charge >= 0.3 is 0 Å². The third kappa shape index (κ3) is 9.06. The van der Waals surface area contributed by atoms with Gasteiger partial charge in [-0.05, 0) is 55.8 Å². The topological polar surface area (TPSA) is 17.1 Å². The monoisotopic (exact) mass is 348 g/mol. The van der Waals surface area contributed by atoms with Gasteiger partial charge in [0.05, 0.1) is 0 Å². The summed E-state index contributed by atoms with van der Waals surface area (Å²) in [4.78, 5) is 12.2. The lowest BCUT2D eigenvalue weighted by Crippen LogP contribution is -2.17. The molecule has 0 N–H and O–H groups in total. The van der Waals surface area contributed by atoms with E-state index in [1.807, 2.05) is 0 Å². The molecule has 0 aromatic rings. The van der Waals surface area contributed by atoms with E-state index in [0.717, 1.165) is 49.4 Å². The molecule has 0 heterocycles. The van der Waals surface area contributed by atoms with Gasteiger partial charge in [0.1, 0.15) is 5.78 Å². The van der Waals surface area contributed by atoms with Crippen molar-refractivity contribution in [3.05, 3.63) is 12.2 Å². The van der Waals surface area contributed by atoms with Crippen LogP contribution in [0.15, 0.2) is 12.2 Å². The molecule has 0 aromatic heterocycles. The molecule has 0 aliphatic heterocycles. The highest BCUT2D eigenvalue weighted by Gasteiger charge is 2.37. The molecular formula is C24H44O. The molecule has 0 bridgehead atoms. The van der Waals surface area contributed by atoms with Crippen LogP contribution >= 0.6 is 0 Å². The van der Waals surface area contributed by atoms with Crippen molar-refractivity contribution in [3.63, 3.8) is 0 Å². The number of unbranched alkanes of at least 4 members (excludes halogenated alkanes) is 6. The van der Waals surface area contributed by atoms with Gasteiger partial charge in [0.25, 0.3) is 0 Å². The molecule has 0 amide bonds. The zero-order chi connectivity index (χ0) is 18.5. The number of hydrogen-bond acceptors (Lipinski definition) is 1. The lowest BCUT2D eigenvalue weighted by atomic mass is 9.81. The van der Waals surface area contributed by atoms with E-state index in [-0.39, 0.29) is 0 Å². The molecule has 146 valence electrons. The molecule has 0 aromatic carbocycles. The van der Waals surface area contributed by atoms with Crippen molar-refractivity contribution in [3.8, 4) is 0 Å². The summed E-state index contributed by atoms with van der Waals surface area (Å²) < 4.78 is 0. The summed E-state index contributed by atoms with van der Waals surface area (Å²) in [5.74, 6) is 3.68. The third-order valence-electron chi connectivity index (χ3n) is 6.37. The molecule has 25 heavy (non-hydrogen) atoms. The van der Waals surface area contributed by atoms with E-state index in [2.05, 4.69) is 39.8 Å². The molecule has 0 saturated heterocycles. The summed E-state index contributed by atoms with van der Waals surface area (Å²) in [6.45, 7) is 9.34. The van der Waals surface area contributed by atoms with E-state index < -0.39 is 0 Å². The maximum atomic E-state index is 12.2. The number of hydrogen-bond donors (Lipinski definition) is 0. The Morgan fingerprint density at radius 2 is 1.52 bits per heavy atom. The summed E-state index contributed by atoms with van der Waals surface area (Å²) >= 11 is 0. The van der Waals surface area contributed by atoms with E-state index in [1.165, 1.54) is 57.8 Å². The molecule has 0 spiro atoms. The first-order chi connectivity index (χ1) is 12.1. The Morgan fingerprint density at radius 1 is 0.840 bits per heavy atom. The summed E-state index contributed by atoms with van der Waals surface area (Å²) in [5.41, 5.74) is 0. The maximum Gasteiger partial charge on any atom is 0.132 e. The van der Waals surface area contributed by atoms with Gasteiger partial charge in [-0.2, -0.15) is 0 Å². The number of Topliss-reactive ketones (excluding diaryl/α,β-unsaturated/α-hetero) is 1. The predicted molar refractivity (Wildman–Crippen MR) is 111 cm³/mol. The molecule has 1 aliphatic rings. The Labute approximate surface area is 158 Å². The molecule has 1 aliphatic carbocycles. The fraction of sp³-hybridized carbons (Fsp3) is 0.875. The number of rotatable bonds is 14. The van der Waals surface area contributed by atoms with Gasteiger partial charge in [0.2, 0.25) is 0 Å². The second kappa shape index (κ2) is 13.6. The van der Waals surface area contributed by atoms with Gasteiger partial charge in [-0.15, -0.1) is 0 Å². The minimum atomic E-state index is 0.514. The van der Waals surface area contributed by atoms with Crippen molar-refractivity contribution >= 4 is 5.78 Å². The summed E-state index contributed by atoms with van der Waals surface area (Å²) in [6.07, 6.45) is 20.2. The standard InChI is InChI=1S/C24H44O/c1-5-7-9-11-13-15-22(25)17-18-24-21(4)19-20(3)23(24)16-14-12-10-8-6-2/h12,14,20-21,23-24H,5-11,13,15-19H2,1-4H3/b14-12-/t20-,21+,23-,24-/m0/s1. The fourth-order valence-corrected chi connectivity index (χ4v) is 4.76. The first-order valence-electron chi connectivity index (χ1n) is 11.3. The van der Waals surface area contributed by atoms with Crippen molar-refractivity contribution in [2.24, 2.45) is 23.7 Å². The Morgan fingerprint density at radius 3 is 2.24 bits per heavy atom. The van der Waals surface area contributed by atoms with E-state index in [0.29, 0.717) is 5.78 Å². The van der Waals surface area contributed by atoms with E-state index in [9.17, 15) is 4.79 Å². The molecule has 4 atom stereocenters. The summed E-state index contributed by atoms with van der Waals surface area (Å²) in [6, 6.07) is 0. The highest BCUT2D eigenvalue weighted by atomic mass is 16.1. The van der Waals surface area contributed by atoms with Crippen LogP contribution in [0.3, 0.4) is 0 Å². The van der Waals surface area contributed by atoms with Crippen molar-refractivity contribution in [1.82, 2.24) is 0 Å². The lowest BCUT2D eigenvalue weighted by molar-refractivity contribution is -0.119. The smallest absolute Gasteiger partial charge is 0.132 e. The van der Waals surface area contributed by atoms with Gasteiger partial charge in [0, 0.05) is 12.8 Å². The van der Waals surface area contributed by atoms with Crippen LogP contribution < -0.4 is 0 Å². The summed E-state index contributed by atoms with van der Waals surface area (Å²) in [5, 5.41) is 0. The van der Waals surface area contributed by atoms with Crippen LogP contribution in [0.25, 0.3) is 0 Å². The minimum absolute atomic E-state index is 0.514. The SMILES string of the molecule is CCCC/C=C\C[C@@H]1[C@@H](CCC(=O)CCCCCCC)[C@H](C)C[C@@H]1C. The zero-order valence-electron chi connectivity index (χ0n) is 17.6. The van der Waals surface area contributed by atoms with E-state index in [4.69, 9.17) is 0 Å². The van der Waals surface area contributed by atoms with Crippen molar-refractivity contribution in [2.75, 3.05) is 0 Å². The van der Waals surface area contributed by atoms with Crippen molar-refractivity contribution in [2.45, 2.75) is 111 Å². The van der Waals surface area contributed by atoms with Crippen LogP contribution in [0, 0.1) is 23.7 Å². The van der Waals surface area contributed by atoms with Crippen LogP contribution in [-0.4, -0.2) is 5.78 Å². The first kappa shape index (κ1) is 22.5. The Hall–Kier alpha value is -0.590. The molecule has 1 nitrogen and oxygen atoms in total. The first-order valence-corrected chi connectivity index (χ1v) is 11.3. The van der Waals surface area contributed by atoms with Gasteiger partial charge < -0.3 is 0 Å². The van der Waals surface area contributed by atoms with Gasteiger partial charge in [-0.25, -0.2) is 0 Å². The second-order valence-corrected chi connectivity index (χ2v) is 8.61. The van der Waals surface area contributed by atoms with Crippen molar-refractivity contribution in [1.29, 1.82) is 0 Å². The van der Waals surface area contributed by atoms with Gasteiger partial charge in [-0.1, -0.05) is 78.4 Å². The zero-order valence-corrected chi connectivity index (χ0v) is 17.6. The van der Waals surface area contributed by atoms with Crippen molar-refractivity contribution < 1.29 is 4.79 Å². The van der Waals surface area contributed by atoms with E-state index >= 15 is 0 Å². The predicted octanol–water partition coefficient (Wildman–Crippen LogP) is 7.74. The number of carbonyl (C=O) groups excluding carboxylic acids is 1. The van der Waals surface area contributed by atoms with Crippen LogP contribution in [-0.2, 0) is 4.79 Å². The molecule has 1 saturated carbocycles. The molecular weight excluding hydrogens is 304 g/mol.